The number of fused-ring (bicyclic) bond motifs is 12. The summed E-state index contributed by atoms with van der Waals surface area (Å²) >= 11 is 0. The molecule has 9 nitrogen and oxygen atoms in total. The van der Waals surface area contributed by atoms with Crippen molar-refractivity contribution < 1.29 is 23.9 Å². The quantitative estimate of drug-likeness (QED) is 0.238. The number of likely N-dealkylation sites (N-methyl/N-ethyl adjacent to an activating group) is 2. The third-order valence-corrected chi connectivity index (χ3v) is 26.5. The van der Waals surface area contributed by atoms with Crippen LogP contribution in [0.4, 0.5) is 0 Å². The van der Waals surface area contributed by atoms with Gasteiger partial charge in [0.2, 0.25) is 5.91 Å². The van der Waals surface area contributed by atoms with Gasteiger partial charge in [-0.05, 0) is 213 Å². The van der Waals surface area contributed by atoms with Crippen LogP contribution in [0.25, 0.3) is 0 Å². The van der Waals surface area contributed by atoms with Crippen LogP contribution in [-0.2, 0) is 30.3 Å². The van der Waals surface area contributed by atoms with Gasteiger partial charge >= 0.3 is 0 Å². The maximum absolute atomic E-state index is 13.5. The minimum atomic E-state index is -0.116. The molecule has 1 aromatic rings. The van der Waals surface area contributed by atoms with E-state index < -0.39 is 0 Å². The fraction of sp³-hybridized carbons (Fsp3) is 0.817. The number of hydrogen-bond acceptors (Lipinski definition) is 8. The highest BCUT2D eigenvalue weighted by Crippen LogP contribution is 2.67. The predicted octanol–water partition coefficient (Wildman–Crippen LogP) is 13.0. The number of hydrogen-bond donors (Lipinski definition) is 0. The monoisotopic (exact) mass is 1100 g/mol. The average molecular weight is 1100 g/mol. The SMILES string of the molecule is CC1=C2C[C@H]3[C@@H](CC[C@@H]4CC(=O)CC[C@@]43C)[C@@H]2CC[C@@]2(C1)O[C@@H]1C[C@H](C)CN(CC(=O)N(C)CCc3ccccc3)[C@H]1[C@H]2C.CC1=C2C[C@H]3[C@@H](CC[C@@H]4CC(=O)CC[C@@]43C)[C@@H]2CC[C@@]2(C1)O[C@@H]1C[C@H](C)CN(CCN(C)C)[C@H]1[C@H]2C. The summed E-state index contributed by atoms with van der Waals surface area (Å²) in [7, 11) is 6.37. The third kappa shape index (κ3) is 10.3. The summed E-state index contributed by atoms with van der Waals surface area (Å²) in [6.45, 7) is 25.5. The molecule has 442 valence electrons. The van der Waals surface area contributed by atoms with Gasteiger partial charge in [-0.25, -0.2) is 0 Å². The number of allylic oxidation sites excluding steroid dienone is 2. The maximum atomic E-state index is 13.5. The Morgan fingerprint density at radius 3 is 1.61 bits per heavy atom. The molecule has 12 aliphatic rings. The lowest BCUT2D eigenvalue weighted by Crippen LogP contribution is -2.54. The average Bonchev–Trinajstić information content (AvgIpc) is 4.11. The Balaban J connectivity index is 0.000000162. The molecular weight excluding hydrogens is 989 g/mol. The second-order valence-corrected chi connectivity index (χ2v) is 31.2. The van der Waals surface area contributed by atoms with Crippen LogP contribution in [0.5, 0.6) is 0 Å². The zero-order valence-corrected chi connectivity index (χ0v) is 52.0. The minimum Gasteiger partial charge on any atom is -0.369 e. The van der Waals surface area contributed by atoms with Crippen molar-refractivity contribution in [1.82, 2.24) is 19.6 Å². The summed E-state index contributed by atoms with van der Waals surface area (Å²) in [5, 5.41) is 0. The molecule has 10 fully saturated rings. The van der Waals surface area contributed by atoms with Gasteiger partial charge < -0.3 is 19.3 Å². The molecule has 0 bridgehead atoms. The Morgan fingerprint density at radius 2 is 1.11 bits per heavy atom. The number of amides is 1. The van der Waals surface area contributed by atoms with Crippen LogP contribution < -0.4 is 0 Å². The Hall–Kier alpha value is -2.69. The van der Waals surface area contributed by atoms with Crippen molar-refractivity contribution in [1.29, 1.82) is 0 Å². The largest absolute Gasteiger partial charge is 0.369 e. The molecule has 2 spiro atoms. The maximum Gasteiger partial charge on any atom is 0.236 e. The molecule has 8 aliphatic carbocycles. The topological polar surface area (TPSA) is 82.6 Å². The summed E-state index contributed by atoms with van der Waals surface area (Å²) in [6.07, 6.45) is 24.3. The second kappa shape index (κ2) is 22.3. The first kappa shape index (κ1) is 57.7. The number of piperidine rings is 2. The van der Waals surface area contributed by atoms with Crippen LogP contribution in [0.15, 0.2) is 52.6 Å². The summed E-state index contributed by atoms with van der Waals surface area (Å²) < 4.78 is 14.5. The van der Waals surface area contributed by atoms with E-state index in [1.807, 2.05) is 23.6 Å². The number of carbonyl (C=O) groups is 3. The molecule has 4 saturated heterocycles. The number of ketones is 2. The highest BCUT2D eigenvalue weighted by molar-refractivity contribution is 5.80. The first-order valence-electron chi connectivity index (χ1n) is 33.4. The van der Waals surface area contributed by atoms with Crippen LogP contribution in [0.3, 0.4) is 0 Å². The molecular formula is C71H108N4O5. The summed E-state index contributed by atoms with van der Waals surface area (Å²) in [5.74, 6) is 9.43. The smallest absolute Gasteiger partial charge is 0.236 e. The van der Waals surface area contributed by atoms with E-state index in [1.165, 1.54) is 76.3 Å². The predicted molar refractivity (Wildman–Crippen MR) is 321 cm³/mol. The van der Waals surface area contributed by atoms with Gasteiger partial charge in [0, 0.05) is 89.4 Å². The molecule has 6 saturated carbocycles. The molecule has 13 rings (SSSR count). The van der Waals surface area contributed by atoms with Crippen LogP contribution in [-0.4, -0.2) is 133 Å². The van der Waals surface area contributed by atoms with Gasteiger partial charge in [0.05, 0.1) is 30.0 Å². The molecule has 1 aromatic carbocycles. The molecule has 80 heavy (non-hydrogen) atoms. The zero-order chi connectivity index (χ0) is 56.2. The summed E-state index contributed by atoms with van der Waals surface area (Å²) in [5.41, 5.74) is 8.81. The van der Waals surface area contributed by atoms with Crippen molar-refractivity contribution in [2.45, 2.75) is 226 Å². The van der Waals surface area contributed by atoms with Gasteiger partial charge in [-0.15, -0.1) is 0 Å². The Labute approximate surface area is 484 Å². The molecule has 4 aliphatic heterocycles. The van der Waals surface area contributed by atoms with Gasteiger partial charge in [-0.3, -0.25) is 24.2 Å². The number of Topliss-reactive ketones (excluding diaryl/α,β-unsaturated/α-hetero) is 2. The van der Waals surface area contributed by atoms with Crippen LogP contribution in [0, 0.1) is 81.8 Å². The normalized spacial score (nSPS) is 45.2. The van der Waals surface area contributed by atoms with Crippen LogP contribution in [0.2, 0.25) is 0 Å². The first-order chi connectivity index (χ1) is 38.2. The molecule has 0 aromatic heterocycles. The van der Waals surface area contributed by atoms with E-state index in [0.29, 0.717) is 82.6 Å². The Bertz CT molecular complexity index is 2540. The lowest BCUT2D eigenvalue weighted by Gasteiger charge is -2.52. The molecule has 0 N–H and O–H groups in total. The fourth-order valence-corrected chi connectivity index (χ4v) is 22.1. The molecule has 4 heterocycles. The first-order valence-corrected chi connectivity index (χ1v) is 33.4. The second-order valence-electron chi connectivity index (χ2n) is 31.2. The molecule has 20 atom stereocenters. The zero-order valence-electron chi connectivity index (χ0n) is 52.0. The van der Waals surface area contributed by atoms with E-state index in [2.05, 4.69) is 108 Å². The molecule has 0 unspecified atom stereocenters. The van der Waals surface area contributed by atoms with Gasteiger partial charge in [0.15, 0.2) is 0 Å². The van der Waals surface area contributed by atoms with Gasteiger partial charge in [-0.2, -0.15) is 0 Å². The van der Waals surface area contributed by atoms with Crippen molar-refractivity contribution in [3.8, 4) is 0 Å². The summed E-state index contributed by atoms with van der Waals surface area (Å²) in [6, 6.07) is 11.4. The highest BCUT2D eigenvalue weighted by atomic mass is 16.5. The number of rotatable bonds is 8. The molecule has 9 heteroatoms. The van der Waals surface area contributed by atoms with Crippen molar-refractivity contribution in [3.63, 3.8) is 0 Å². The van der Waals surface area contributed by atoms with Gasteiger partial charge in [0.1, 0.15) is 11.6 Å². The van der Waals surface area contributed by atoms with Crippen molar-refractivity contribution in [3.05, 3.63) is 58.2 Å². The van der Waals surface area contributed by atoms with E-state index in [9.17, 15) is 14.4 Å². The number of likely N-dealkylation sites (tertiary alicyclic amines) is 2. The van der Waals surface area contributed by atoms with Gasteiger partial charge in [-0.1, -0.05) is 94.2 Å². The van der Waals surface area contributed by atoms with Gasteiger partial charge in [0.25, 0.3) is 0 Å². The highest BCUT2D eigenvalue weighted by Gasteiger charge is 2.63. The van der Waals surface area contributed by atoms with E-state index in [1.54, 1.807) is 16.7 Å². The third-order valence-electron chi connectivity index (χ3n) is 26.5. The number of ether oxygens (including phenoxy) is 2. The molecule has 1 amide bonds. The van der Waals surface area contributed by atoms with E-state index in [-0.39, 0.29) is 23.2 Å². The molecule has 0 radical (unpaired) electrons. The van der Waals surface area contributed by atoms with E-state index in [0.717, 1.165) is 132 Å². The number of benzene rings is 1. The van der Waals surface area contributed by atoms with Crippen molar-refractivity contribution in [2.24, 2.45) is 81.8 Å². The number of nitrogens with zero attached hydrogens (tertiary/aromatic N) is 4. The van der Waals surface area contributed by atoms with E-state index in [4.69, 9.17) is 9.47 Å². The summed E-state index contributed by atoms with van der Waals surface area (Å²) in [4.78, 5) is 47.7. The Kier molecular flexibility index (Phi) is 16.1. The van der Waals surface area contributed by atoms with E-state index >= 15 is 0 Å². The van der Waals surface area contributed by atoms with Crippen LogP contribution in [0.1, 0.15) is 189 Å². The fourth-order valence-electron chi connectivity index (χ4n) is 22.1. The lowest BCUT2D eigenvalue weighted by atomic mass is 9.52. The van der Waals surface area contributed by atoms with Crippen molar-refractivity contribution >= 4 is 17.5 Å². The minimum absolute atomic E-state index is 0.0328. The van der Waals surface area contributed by atoms with Crippen LogP contribution >= 0.6 is 0 Å². The number of carbonyl (C=O) groups excluding carboxylic acids is 3. The standard InChI is InChI=1S/C39H56N2O3.C32H52N2O2/c1-25-19-35-37(41(23-25)24-36(43)40(5)18-15-28-9-7-6-8-10-28)27(3)39(44-35)17-14-31-32-12-11-29-20-30(42)13-16-38(29,4)34(32)21-33(31)26(2)22-39;1-20-15-29-30(34(19-20)14-13-33(5)6)22(3)32(36-29)12-10-25-26-8-7-23-16-24(35)9-11-31(23,4)28(26)17-27(25)21(2)18-32/h6-10,25,27,29,31-32,34-35,37H,11-24H2,1-5H3;20,22-23,25-26,28-30H,7-19H2,1-6H3/t25-,27+,29+,31-,32-,34-,35+,37-,38-,39-;20-,22+,23+,25-,26-,28-,29+,30-,31-,32-/m00/s1. The van der Waals surface area contributed by atoms with Crippen molar-refractivity contribution in [2.75, 3.05) is 60.4 Å². The lowest BCUT2D eigenvalue weighted by molar-refractivity contribution is -0.133. The Morgan fingerprint density at radius 1 is 0.625 bits per heavy atom.